The number of primary amides is 2. The molecule has 0 aliphatic rings. The van der Waals surface area contributed by atoms with Crippen molar-refractivity contribution >= 4 is 35.5 Å². The number of aliphatic carboxylic acids is 1. The molecule has 0 bridgehead atoms. The summed E-state index contributed by atoms with van der Waals surface area (Å²) in [6.07, 6.45) is 0.283. The number of aromatic hydroxyl groups is 1. The summed E-state index contributed by atoms with van der Waals surface area (Å²) in [7, 11) is 0. The summed E-state index contributed by atoms with van der Waals surface area (Å²) < 4.78 is 0. The number of hydrogen-bond acceptors (Lipinski definition) is 9. The fourth-order valence-corrected chi connectivity index (χ4v) is 3.64. The third-order valence-corrected chi connectivity index (χ3v) is 5.92. The van der Waals surface area contributed by atoms with E-state index in [1.165, 1.54) is 24.3 Å². The van der Waals surface area contributed by atoms with E-state index < -0.39 is 59.7 Å². The molecule has 0 heterocycles. The van der Waals surface area contributed by atoms with Crippen molar-refractivity contribution in [2.45, 2.75) is 75.5 Å². The summed E-state index contributed by atoms with van der Waals surface area (Å²) >= 11 is 0. The predicted molar refractivity (Wildman–Crippen MR) is 143 cm³/mol. The number of nitrogens with one attached hydrogen (secondary N) is 3. The molecule has 222 valence electrons. The Balaban J connectivity index is 3.04. The number of hydrogen-bond donors (Lipinski definition) is 9. The van der Waals surface area contributed by atoms with Gasteiger partial charge in [0.15, 0.2) is 0 Å². The Bertz CT molecular complexity index is 1030. The second-order valence-electron chi connectivity index (χ2n) is 9.29. The molecule has 0 aromatic heterocycles. The van der Waals surface area contributed by atoms with Gasteiger partial charge < -0.3 is 49.1 Å². The monoisotopic (exact) mass is 565 g/mol. The van der Waals surface area contributed by atoms with Gasteiger partial charge in [-0.25, -0.2) is 4.79 Å². The lowest BCUT2D eigenvalue weighted by molar-refractivity contribution is -0.142. The van der Waals surface area contributed by atoms with Gasteiger partial charge in [0.1, 0.15) is 23.9 Å². The first-order valence-electron chi connectivity index (χ1n) is 12.8. The van der Waals surface area contributed by atoms with Crippen LogP contribution < -0.4 is 38.9 Å². The molecule has 0 spiro atoms. The average Bonchev–Trinajstić information content (AvgIpc) is 2.89. The first-order chi connectivity index (χ1) is 18.8. The summed E-state index contributed by atoms with van der Waals surface area (Å²) in [4.78, 5) is 73.0. The highest BCUT2D eigenvalue weighted by Gasteiger charge is 2.30. The maximum atomic E-state index is 13.2. The van der Waals surface area contributed by atoms with Gasteiger partial charge in [0.25, 0.3) is 0 Å². The van der Waals surface area contributed by atoms with Gasteiger partial charge in [-0.2, -0.15) is 0 Å². The zero-order valence-electron chi connectivity index (χ0n) is 22.1. The smallest absolute Gasteiger partial charge is 0.326 e. The molecule has 1 aromatic rings. The molecule has 4 atom stereocenters. The van der Waals surface area contributed by atoms with Crippen LogP contribution in [0.25, 0.3) is 0 Å². The molecule has 40 heavy (non-hydrogen) atoms. The SMILES string of the molecule is NCCCCC(NC(=O)C(N)CCC(N)=O)C(=O)NC(CCC(N)=O)C(=O)NC(Cc1ccc(O)cc1)C(=O)O. The fourth-order valence-electron chi connectivity index (χ4n) is 3.64. The van der Waals surface area contributed by atoms with Gasteiger partial charge in [-0.05, 0) is 56.3 Å². The Morgan fingerprint density at radius 1 is 0.725 bits per heavy atom. The van der Waals surface area contributed by atoms with Gasteiger partial charge in [-0.1, -0.05) is 12.1 Å². The van der Waals surface area contributed by atoms with Crippen LogP contribution in [0.5, 0.6) is 5.75 Å². The molecule has 15 heteroatoms. The molecule has 0 radical (unpaired) electrons. The number of amides is 5. The van der Waals surface area contributed by atoms with Crippen molar-refractivity contribution in [3.05, 3.63) is 29.8 Å². The van der Waals surface area contributed by atoms with Crippen molar-refractivity contribution in [2.75, 3.05) is 6.54 Å². The highest BCUT2D eigenvalue weighted by molar-refractivity contribution is 5.94. The summed E-state index contributed by atoms with van der Waals surface area (Å²) in [5, 5.41) is 26.4. The van der Waals surface area contributed by atoms with E-state index in [9.17, 15) is 39.0 Å². The second kappa shape index (κ2) is 17.4. The lowest BCUT2D eigenvalue weighted by Gasteiger charge is -2.25. The van der Waals surface area contributed by atoms with Crippen molar-refractivity contribution < 1.29 is 39.0 Å². The molecule has 15 nitrogen and oxygen atoms in total. The minimum Gasteiger partial charge on any atom is -0.508 e. The average molecular weight is 566 g/mol. The van der Waals surface area contributed by atoms with E-state index in [0.717, 1.165) is 0 Å². The molecule has 5 amide bonds. The van der Waals surface area contributed by atoms with Crippen LogP contribution in [-0.2, 0) is 35.2 Å². The van der Waals surface area contributed by atoms with Crippen molar-refractivity contribution in [1.82, 2.24) is 16.0 Å². The largest absolute Gasteiger partial charge is 0.508 e. The number of carbonyl (C=O) groups is 6. The molecule has 0 saturated carbocycles. The van der Waals surface area contributed by atoms with Gasteiger partial charge in [-0.15, -0.1) is 0 Å². The van der Waals surface area contributed by atoms with Gasteiger partial charge in [0, 0.05) is 19.3 Å². The summed E-state index contributed by atoms with van der Waals surface area (Å²) in [6.45, 7) is 0.335. The lowest BCUT2D eigenvalue weighted by Crippen LogP contribution is -2.57. The van der Waals surface area contributed by atoms with E-state index in [-0.39, 0.29) is 44.3 Å². The number of phenolic OH excluding ortho intramolecular Hbond substituents is 1. The maximum Gasteiger partial charge on any atom is 0.326 e. The van der Waals surface area contributed by atoms with Gasteiger partial charge in [-0.3, -0.25) is 24.0 Å². The third-order valence-electron chi connectivity index (χ3n) is 5.92. The minimum absolute atomic E-state index is 0.0178. The van der Waals surface area contributed by atoms with Crippen LogP contribution in [0.2, 0.25) is 0 Å². The predicted octanol–water partition coefficient (Wildman–Crippen LogP) is -2.54. The number of carbonyl (C=O) groups excluding carboxylic acids is 5. The van der Waals surface area contributed by atoms with E-state index in [2.05, 4.69) is 16.0 Å². The number of carboxylic acid groups (broad SMARTS) is 1. The molecule has 4 unspecified atom stereocenters. The van der Waals surface area contributed by atoms with Crippen LogP contribution in [0.3, 0.4) is 0 Å². The zero-order chi connectivity index (χ0) is 30.2. The van der Waals surface area contributed by atoms with Gasteiger partial charge in [0.2, 0.25) is 29.5 Å². The first-order valence-corrected chi connectivity index (χ1v) is 12.8. The van der Waals surface area contributed by atoms with E-state index in [1.54, 1.807) is 0 Å². The third kappa shape index (κ3) is 13.0. The molecular weight excluding hydrogens is 526 g/mol. The Morgan fingerprint density at radius 3 is 1.75 bits per heavy atom. The number of phenols is 1. The Labute approximate surface area is 231 Å². The van der Waals surface area contributed by atoms with Crippen molar-refractivity contribution in [1.29, 1.82) is 0 Å². The van der Waals surface area contributed by atoms with Crippen LogP contribution in [0.1, 0.15) is 50.5 Å². The Hall–Kier alpha value is -4.24. The lowest BCUT2D eigenvalue weighted by atomic mass is 10.0. The number of unbranched alkanes of at least 4 members (excludes halogenated alkanes) is 1. The Kier molecular flexibility index (Phi) is 14.7. The quantitative estimate of drug-likeness (QED) is 0.0792. The van der Waals surface area contributed by atoms with E-state index in [1.807, 2.05) is 0 Å². The van der Waals surface area contributed by atoms with Gasteiger partial charge in [0.05, 0.1) is 6.04 Å². The van der Waals surface area contributed by atoms with Crippen LogP contribution in [0, 0.1) is 0 Å². The molecule has 1 aromatic carbocycles. The van der Waals surface area contributed by atoms with Crippen LogP contribution in [0.4, 0.5) is 0 Å². The van der Waals surface area contributed by atoms with Crippen LogP contribution in [0.15, 0.2) is 24.3 Å². The molecular formula is C25H39N7O8. The van der Waals surface area contributed by atoms with E-state index in [4.69, 9.17) is 22.9 Å². The van der Waals surface area contributed by atoms with Crippen molar-refractivity contribution in [3.8, 4) is 5.75 Å². The fraction of sp³-hybridized carbons (Fsp3) is 0.520. The maximum absolute atomic E-state index is 13.2. The number of rotatable bonds is 19. The number of carboxylic acids is 1. The number of benzene rings is 1. The topological polar surface area (TPSA) is 283 Å². The van der Waals surface area contributed by atoms with Crippen molar-refractivity contribution in [2.24, 2.45) is 22.9 Å². The van der Waals surface area contributed by atoms with Crippen LogP contribution >= 0.6 is 0 Å². The second-order valence-corrected chi connectivity index (χ2v) is 9.29. The highest BCUT2D eigenvalue weighted by atomic mass is 16.4. The zero-order valence-corrected chi connectivity index (χ0v) is 22.1. The van der Waals surface area contributed by atoms with Gasteiger partial charge >= 0.3 is 5.97 Å². The molecule has 0 aliphatic carbocycles. The summed E-state index contributed by atoms with van der Waals surface area (Å²) in [5.41, 5.74) is 22.1. The Morgan fingerprint density at radius 2 is 1.23 bits per heavy atom. The molecule has 0 aliphatic heterocycles. The number of nitrogens with two attached hydrogens (primary N) is 4. The highest BCUT2D eigenvalue weighted by Crippen LogP contribution is 2.12. The molecule has 1 rings (SSSR count). The summed E-state index contributed by atoms with van der Waals surface area (Å²) in [5.74, 6) is -5.14. The first kappa shape index (κ1) is 33.8. The van der Waals surface area contributed by atoms with E-state index in [0.29, 0.717) is 24.9 Å². The minimum atomic E-state index is -1.40. The van der Waals surface area contributed by atoms with Crippen molar-refractivity contribution in [3.63, 3.8) is 0 Å². The standard InChI is InChI=1S/C25H39N7O8/c26-12-2-1-3-17(30-22(36)16(27)8-10-20(28)34)23(37)31-18(9-11-21(29)35)24(38)32-19(25(39)40)13-14-4-6-15(33)7-5-14/h4-7,16-19,33H,1-3,8-13,26-27H2,(H2,28,34)(H2,29,35)(H,30,36)(H,31,37)(H,32,38)(H,39,40). The molecule has 13 N–H and O–H groups in total. The van der Waals surface area contributed by atoms with Crippen LogP contribution in [-0.4, -0.2) is 76.4 Å². The van der Waals surface area contributed by atoms with E-state index >= 15 is 0 Å². The summed E-state index contributed by atoms with van der Waals surface area (Å²) in [6, 6.07) is 0.694. The normalized spacial score (nSPS) is 13.8. The molecule has 0 fully saturated rings. The molecule has 0 saturated heterocycles.